The Kier molecular flexibility index (Phi) is 11.8. The Morgan fingerprint density at radius 2 is 1.58 bits per heavy atom. The summed E-state index contributed by atoms with van der Waals surface area (Å²) in [4.78, 5) is 39.2. The standard InChI is InChI=1S/C34H50ClN7O2.ClH/c35-28-11-9-26(10-12-28)22-31(42-17-5-4-8-30(42)32(43)39-18-13-29(36)14-19-39)33(44)40-20-15-34(16-21-40,23-41-25-37-24-38-41)27-6-2-1-3-7-27;/h9-12,24-25,27,29-31H,1-8,13-23,36H2;1H/t30-,31+;/m0./s1. The predicted molar refractivity (Wildman–Crippen MR) is 179 cm³/mol. The fourth-order valence-corrected chi connectivity index (χ4v) is 8.67. The summed E-state index contributed by atoms with van der Waals surface area (Å²) in [7, 11) is 0. The molecule has 4 aliphatic rings. The molecule has 45 heavy (non-hydrogen) atoms. The largest absolute Gasteiger partial charge is 0.341 e. The van der Waals surface area contributed by atoms with E-state index in [1.54, 1.807) is 6.33 Å². The van der Waals surface area contributed by atoms with Crippen LogP contribution in [-0.4, -0.2) is 92.1 Å². The zero-order valence-corrected chi connectivity index (χ0v) is 28.1. The highest BCUT2D eigenvalue weighted by molar-refractivity contribution is 6.30. The number of rotatable bonds is 8. The van der Waals surface area contributed by atoms with Crippen molar-refractivity contribution in [2.75, 3.05) is 32.7 Å². The van der Waals surface area contributed by atoms with E-state index in [1.807, 2.05) is 40.2 Å². The molecular formula is C34H51Cl2N7O2. The number of benzene rings is 1. The Morgan fingerprint density at radius 3 is 2.24 bits per heavy atom. The van der Waals surface area contributed by atoms with Crippen LogP contribution in [0.4, 0.5) is 0 Å². The van der Waals surface area contributed by atoms with Crippen LogP contribution in [0, 0.1) is 11.3 Å². The minimum absolute atomic E-state index is 0. The first-order valence-electron chi connectivity index (χ1n) is 17.1. The number of carbonyl (C=O) groups is 2. The molecule has 1 aromatic carbocycles. The van der Waals surface area contributed by atoms with Crippen molar-refractivity contribution in [3.8, 4) is 0 Å². The average molecular weight is 661 g/mol. The van der Waals surface area contributed by atoms with Crippen molar-refractivity contribution in [2.45, 2.75) is 108 Å². The molecule has 3 aliphatic heterocycles. The molecular weight excluding hydrogens is 609 g/mol. The normalized spacial score (nSPS) is 24.2. The lowest BCUT2D eigenvalue weighted by Gasteiger charge is -2.49. The third-order valence-corrected chi connectivity index (χ3v) is 11.4. The SMILES string of the molecule is Cl.NC1CCN(C(=O)[C@@H]2CCCCN2[C@H](Cc2ccc(Cl)cc2)C(=O)N2CCC(Cn3cncn3)(C3CCCCC3)CC2)CC1. The minimum Gasteiger partial charge on any atom is -0.341 e. The van der Waals surface area contributed by atoms with Crippen LogP contribution in [0.3, 0.4) is 0 Å². The minimum atomic E-state index is -0.380. The van der Waals surface area contributed by atoms with E-state index in [9.17, 15) is 9.59 Å². The molecule has 1 saturated carbocycles. The molecule has 0 bridgehead atoms. The molecule has 1 aliphatic carbocycles. The van der Waals surface area contributed by atoms with Crippen LogP contribution < -0.4 is 5.73 Å². The lowest BCUT2D eigenvalue weighted by Crippen LogP contribution is -2.61. The maximum absolute atomic E-state index is 14.6. The van der Waals surface area contributed by atoms with Crippen LogP contribution in [0.15, 0.2) is 36.9 Å². The second-order valence-corrected chi connectivity index (χ2v) is 14.3. The molecule has 0 unspecified atom stereocenters. The highest BCUT2D eigenvalue weighted by Gasteiger charge is 2.46. The first-order valence-corrected chi connectivity index (χ1v) is 17.5. The number of piperidine rings is 3. The van der Waals surface area contributed by atoms with Crippen LogP contribution in [0.5, 0.6) is 0 Å². The zero-order chi connectivity index (χ0) is 30.5. The number of hydrogen-bond acceptors (Lipinski definition) is 6. The number of nitrogens with two attached hydrogens (primary N) is 1. The lowest BCUT2D eigenvalue weighted by atomic mass is 9.63. The van der Waals surface area contributed by atoms with Gasteiger partial charge in [0.05, 0.1) is 12.1 Å². The first-order chi connectivity index (χ1) is 21.4. The van der Waals surface area contributed by atoms with Gasteiger partial charge in [0.25, 0.3) is 0 Å². The number of halogens is 2. The van der Waals surface area contributed by atoms with Crippen molar-refractivity contribution in [3.05, 3.63) is 47.5 Å². The van der Waals surface area contributed by atoms with Gasteiger partial charge in [0, 0.05) is 43.8 Å². The summed E-state index contributed by atoms with van der Waals surface area (Å²) < 4.78 is 2.01. The Labute approximate surface area is 279 Å². The fraction of sp³-hybridized carbons (Fsp3) is 0.706. The lowest BCUT2D eigenvalue weighted by molar-refractivity contribution is -0.148. The van der Waals surface area contributed by atoms with Crippen LogP contribution in [0.1, 0.15) is 82.6 Å². The van der Waals surface area contributed by atoms with E-state index < -0.39 is 0 Å². The second kappa shape index (κ2) is 15.6. The van der Waals surface area contributed by atoms with Crippen LogP contribution >= 0.6 is 24.0 Å². The monoisotopic (exact) mass is 659 g/mol. The summed E-state index contributed by atoms with van der Waals surface area (Å²) in [6.07, 6.45) is 17.0. The van der Waals surface area contributed by atoms with E-state index in [0.717, 1.165) is 76.7 Å². The Balaban J connectivity index is 0.00000400. The van der Waals surface area contributed by atoms with Gasteiger partial charge >= 0.3 is 0 Å². The zero-order valence-electron chi connectivity index (χ0n) is 26.6. The molecule has 4 fully saturated rings. The highest BCUT2D eigenvalue weighted by atomic mass is 35.5. The molecule has 2 N–H and O–H groups in total. The van der Waals surface area contributed by atoms with Gasteiger partial charge in [-0.15, -0.1) is 12.4 Å². The molecule has 2 atom stereocenters. The number of amides is 2. The number of nitrogens with zero attached hydrogens (tertiary/aromatic N) is 6. The topological polar surface area (TPSA) is 101 Å². The summed E-state index contributed by atoms with van der Waals surface area (Å²) >= 11 is 6.23. The summed E-state index contributed by atoms with van der Waals surface area (Å²) in [5, 5.41) is 5.17. The van der Waals surface area contributed by atoms with Crippen molar-refractivity contribution in [1.82, 2.24) is 29.5 Å². The van der Waals surface area contributed by atoms with E-state index >= 15 is 0 Å². The third-order valence-electron chi connectivity index (χ3n) is 11.2. The maximum Gasteiger partial charge on any atom is 0.240 e. The van der Waals surface area contributed by atoms with Gasteiger partial charge in [0.15, 0.2) is 0 Å². The van der Waals surface area contributed by atoms with Gasteiger partial charge in [-0.2, -0.15) is 5.10 Å². The molecule has 9 nitrogen and oxygen atoms in total. The average Bonchev–Trinajstić information content (AvgIpc) is 3.58. The number of likely N-dealkylation sites (tertiary alicyclic amines) is 3. The second-order valence-electron chi connectivity index (χ2n) is 13.9. The van der Waals surface area contributed by atoms with Gasteiger partial charge in [-0.1, -0.05) is 49.4 Å². The summed E-state index contributed by atoms with van der Waals surface area (Å²) in [6.45, 7) is 4.55. The third kappa shape index (κ3) is 8.03. The van der Waals surface area contributed by atoms with E-state index in [1.165, 1.54) is 32.1 Å². The smallest absolute Gasteiger partial charge is 0.240 e. The van der Waals surface area contributed by atoms with Gasteiger partial charge in [-0.25, -0.2) is 4.98 Å². The molecule has 3 saturated heterocycles. The van der Waals surface area contributed by atoms with Crippen LogP contribution in [-0.2, 0) is 22.6 Å². The molecule has 6 rings (SSSR count). The van der Waals surface area contributed by atoms with Gasteiger partial charge < -0.3 is 15.5 Å². The van der Waals surface area contributed by atoms with E-state index in [-0.39, 0.29) is 47.8 Å². The molecule has 2 aromatic rings. The van der Waals surface area contributed by atoms with Crippen molar-refractivity contribution in [2.24, 2.45) is 17.1 Å². The predicted octanol–water partition coefficient (Wildman–Crippen LogP) is 4.96. The quantitative estimate of drug-likeness (QED) is 0.430. The number of aromatic nitrogens is 3. The maximum atomic E-state index is 14.6. The van der Waals surface area contributed by atoms with Gasteiger partial charge in [0.1, 0.15) is 12.7 Å². The molecule has 1 aromatic heterocycles. The molecule has 11 heteroatoms. The molecule has 2 amide bonds. The van der Waals surface area contributed by atoms with Crippen LogP contribution in [0.25, 0.3) is 0 Å². The van der Waals surface area contributed by atoms with Gasteiger partial charge in [-0.3, -0.25) is 19.2 Å². The molecule has 4 heterocycles. The fourth-order valence-electron chi connectivity index (χ4n) is 8.54. The van der Waals surface area contributed by atoms with Gasteiger partial charge in [0.2, 0.25) is 11.8 Å². The van der Waals surface area contributed by atoms with Gasteiger partial charge in [-0.05, 0) is 93.4 Å². The summed E-state index contributed by atoms with van der Waals surface area (Å²) in [5.41, 5.74) is 7.37. The summed E-state index contributed by atoms with van der Waals surface area (Å²) in [6, 6.07) is 7.38. The van der Waals surface area contributed by atoms with Crippen molar-refractivity contribution in [1.29, 1.82) is 0 Å². The molecule has 0 radical (unpaired) electrons. The van der Waals surface area contributed by atoms with Crippen molar-refractivity contribution < 1.29 is 9.59 Å². The van der Waals surface area contributed by atoms with E-state index in [0.29, 0.717) is 30.5 Å². The Bertz CT molecular complexity index is 1220. The number of carbonyl (C=O) groups excluding carboxylic acids is 2. The number of hydrogen-bond donors (Lipinski definition) is 1. The first kappa shape index (κ1) is 34.1. The van der Waals surface area contributed by atoms with E-state index in [4.69, 9.17) is 17.3 Å². The molecule has 248 valence electrons. The Morgan fingerprint density at radius 1 is 0.889 bits per heavy atom. The molecule has 0 spiro atoms. The van der Waals surface area contributed by atoms with Crippen molar-refractivity contribution >= 4 is 35.8 Å². The van der Waals surface area contributed by atoms with E-state index in [2.05, 4.69) is 19.9 Å². The highest BCUT2D eigenvalue weighted by Crippen LogP contribution is 2.47. The Hall–Kier alpha value is -2.20. The van der Waals surface area contributed by atoms with Crippen LogP contribution in [0.2, 0.25) is 5.02 Å². The summed E-state index contributed by atoms with van der Waals surface area (Å²) in [5.74, 6) is 0.996. The van der Waals surface area contributed by atoms with Crippen molar-refractivity contribution in [3.63, 3.8) is 0 Å².